The minimum absolute atomic E-state index is 0.0234. The first-order valence-electron chi connectivity index (χ1n) is 9.36. The molecule has 1 aliphatic heterocycles. The fraction of sp³-hybridized carbons (Fsp3) is 0.364. The molecular weight excluding hydrogens is 388 g/mol. The highest BCUT2D eigenvalue weighted by Gasteiger charge is 2.36. The highest BCUT2D eigenvalue weighted by Crippen LogP contribution is 2.34. The first-order chi connectivity index (χ1) is 13.9. The molecule has 0 unspecified atom stereocenters. The van der Waals surface area contributed by atoms with Crippen molar-refractivity contribution >= 4 is 34.1 Å². The van der Waals surface area contributed by atoms with E-state index < -0.39 is 6.04 Å². The summed E-state index contributed by atoms with van der Waals surface area (Å²) >= 11 is 5.63. The van der Waals surface area contributed by atoms with Gasteiger partial charge in [-0.3, -0.25) is 0 Å². The lowest BCUT2D eigenvalue weighted by atomic mass is 9.93. The minimum Gasteiger partial charge on any atom is -0.497 e. The van der Waals surface area contributed by atoms with Crippen LogP contribution in [-0.2, 0) is 14.3 Å². The zero-order chi connectivity index (χ0) is 21.1. The molecule has 3 rings (SSSR count). The minimum atomic E-state index is -0.396. The number of hydrogen-bond donors (Lipinski definition) is 1. The zero-order valence-corrected chi connectivity index (χ0v) is 18.1. The van der Waals surface area contributed by atoms with E-state index in [-0.39, 0.29) is 12.0 Å². The van der Waals surface area contributed by atoms with E-state index in [4.69, 9.17) is 26.4 Å². The maximum Gasteiger partial charge on any atom is 0.337 e. The van der Waals surface area contributed by atoms with E-state index in [1.807, 2.05) is 49.1 Å². The summed E-state index contributed by atoms with van der Waals surface area (Å²) in [6.45, 7) is 4.38. The molecule has 0 saturated heterocycles. The normalized spacial score (nSPS) is 17.9. The van der Waals surface area contributed by atoms with Gasteiger partial charge in [0.05, 0.1) is 38.5 Å². The van der Waals surface area contributed by atoms with Crippen LogP contribution in [0.25, 0.3) is 10.8 Å². The summed E-state index contributed by atoms with van der Waals surface area (Å²) in [5.74, 6) is 0.419. The number of nitrogens with one attached hydrogen (secondary N) is 1. The van der Waals surface area contributed by atoms with Gasteiger partial charge in [0.2, 0.25) is 0 Å². The Balaban J connectivity index is 2.08. The van der Waals surface area contributed by atoms with Gasteiger partial charge in [-0.2, -0.15) is 0 Å². The number of methoxy groups -OCH3 is 3. The van der Waals surface area contributed by atoms with Gasteiger partial charge in [0.1, 0.15) is 5.75 Å². The van der Waals surface area contributed by atoms with Gasteiger partial charge in [0.15, 0.2) is 5.11 Å². The van der Waals surface area contributed by atoms with Crippen LogP contribution in [0.2, 0.25) is 0 Å². The van der Waals surface area contributed by atoms with Crippen molar-refractivity contribution in [1.82, 2.24) is 10.2 Å². The molecule has 0 amide bonds. The predicted octanol–water partition coefficient (Wildman–Crippen LogP) is 3.56. The molecule has 0 saturated carbocycles. The number of esters is 1. The van der Waals surface area contributed by atoms with Gasteiger partial charge >= 0.3 is 5.97 Å². The van der Waals surface area contributed by atoms with E-state index >= 15 is 0 Å². The van der Waals surface area contributed by atoms with Gasteiger partial charge in [-0.05, 0) is 60.6 Å². The Hall–Kier alpha value is -2.64. The monoisotopic (exact) mass is 414 g/mol. The Morgan fingerprint density at radius 2 is 1.86 bits per heavy atom. The zero-order valence-electron chi connectivity index (χ0n) is 17.3. The van der Waals surface area contributed by atoms with Crippen LogP contribution in [0.4, 0.5) is 0 Å². The Labute approximate surface area is 176 Å². The molecular formula is C22H26N2O4S. The SMILES string of the molecule is COC[C@@H](C)N1C(=S)N[C@@H](c2ccc3cc(OC)ccc3c2)C(C(=O)OC)=C1C. The van der Waals surface area contributed by atoms with Crippen LogP contribution in [0.15, 0.2) is 47.7 Å². The largest absolute Gasteiger partial charge is 0.497 e. The first-order valence-corrected chi connectivity index (χ1v) is 9.77. The Morgan fingerprint density at radius 1 is 1.17 bits per heavy atom. The van der Waals surface area contributed by atoms with Gasteiger partial charge in [-0.25, -0.2) is 4.79 Å². The second-order valence-electron chi connectivity index (χ2n) is 7.02. The van der Waals surface area contributed by atoms with Crippen molar-refractivity contribution in [3.05, 3.63) is 53.2 Å². The smallest absolute Gasteiger partial charge is 0.337 e. The predicted molar refractivity (Wildman–Crippen MR) is 117 cm³/mol. The Morgan fingerprint density at radius 3 is 2.52 bits per heavy atom. The van der Waals surface area contributed by atoms with Crippen molar-refractivity contribution in [2.24, 2.45) is 0 Å². The maximum absolute atomic E-state index is 12.7. The second-order valence-corrected chi connectivity index (χ2v) is 7.41. The van der Waals surface area contributed by atoms with E-state index in [0.29, 0.717) is 17.3 Å². The molecule has 0 bridgehead atoms. The Bertz CT molecular complexity index is 972. The summed E-state index contributed by atoms with van der Waals surface area (Å²) in [6.07, 6.45) is 0. The van der Waals surface area contributed by atoms with E-state index in [9.17, 15) is 4.79 Å². The Kier molecular flexibility index (Phi) is 6.39. The lowest BCUT2D eigenvalue weighted by Crippen LogP contribution is -2.52. The number of fused-ring (bicyclic) bond motifs is 1. The molecule has 29 heavy (non-hydrogen) atoms. The van der Waals surface area contributed by atoms with E-state index in [1.54, 1.807) is 14.2 Å². The lowest BCUT2D eigenvalue weighted by Gasteiger charge is -2.40. The van der Waals surface area contributed by atoms with E-state index in [2.05, 4.69) is 11.4 Å². The van der Waals surface area contributed by atoms with Crippen LogP contribution in [0, 0.1) is 0 Å². The van der Waals surface area contributed by atoms with Gasteiger partial charge < -0.3 is 24.4 Å². The number of carbonyl (C=O) groups excluding carboxylic acids is 1. The molecule has 7 heteroatoms. The van der Waals surface area contributed by atoms with Crippen LogP contribution < -0.4 is 10.1 Å². The number of ether oxygens (including phenoxy) is 3. The molecule has 154 valence electrons. The molecule has 1 aliphatic rings. The molecule has 6 nitrogen and oxygen atoms in total. The molecule has 2 aromatic carbocycles. The number of rotatable bonds is 6. The van der Waals surface area contributed by atoms with Crippen LogP contribution in [-0.4, -0.2) is 50.0 Å². The molecule has 0 aliphatic carbocycles. The highest BCUT2D eigenvalue weighted by molar-refractivity contribution is 7.80. The van der Waals surface area contributed by atoms with Crippen LogP contribution in [0.3, 0.4) is 0 Å². The van der Waals surface area contributed by atoms with Crippen molar-refractivity contribution in [1.29, 1.82) is 0 Å². The summed E-state index contributed by atoms with van der Waals surface area (Å²) < 4.78 is 15.7. The molecule has 0 fully saturated rings. The number of hydrogen-bond acceptors (Lipinski definition) is 5. The van der Waals surface area contributed by atoms with Crippen molar-refractivity contribution in [3.63, 3.8) is 0 Å². The number of thiocarbonyl (C=S) groups is 1. The highest BCUT2D eigenvalue weighted by atomic mass is 32.1. The standard InChI is InChI=1S/C22H26N2O4S/c1-13(12-26-3)24-14(2)19(21(25)28-5)20(23-22(24)29)17-7-6-16-11-18(27-4)9-8-15(16)10-17/h6-11,13,20H,12H2,1-5H3,(H,23,29)/t13-,20+/m1/s1. The third-order valence-corrected chi connectivity index (χ3v) is 5.50. The molecule has 1 N–H and O–H groups in total. The molecule has 2 aromatic rings. The van der Waals surface area contributed by atoms with E-state index in [0.717, 1.165) is 27.8 Å². The van der Waals surface area contributed by atoms with Gasteiger partial charge in [0.25, 0.3) is 0 Å². The fourth-order valence-corrected chi connectivity index (χ4v) is 4.21. The number of nitrogens with zero attached hydrogens (tertiary/aromatic N) is 1. The third-order valence-electron chi connectivity index (χ3n) is 5.19. The van der Waals surface area contributed by atoms with Crippen molar-refractivity contribution < 1.29 is 19.0 Å². The average Bonchev–Trinajstić information content (AvgIpc) is 2.72. The summed E-state index contributed by atoms with van der Waals surface area (Å²) in [7, 11) is 4.68. The molecule has 0 spiro atoms. The molecule has 2 atom stereocenters. The van der Waals surface area contributed by atoms with E-state index in [1.165, 1.54) is 7.11 Å². The van der Waals surface area contributed by atoms with Gasteiger partial charge in [-0.15, -0.1) is 0 Å². The van der Waals surface area contributed by atoms with Crippen LogP contribution in [0.5, 0.6) is 5.75 Å². The fourth-order valence-electron chi connectivity index (χ4n) is 3.78. The maximum atomic E-state index is 12.7. The lowest BCUT2D eigenvalue weighted by molar-refractivity contribution is -0.136. The summed E-state index contributed by atoms with van der Waals surface area (Å²) in [4.78, 5) is 14.6. The topological polar surface area (TPSA) is 60.0 Å². The average molecular weight is 415 g/mol. The number of carbonyl (C=O) groups is 1. The quantitative estimate of drug-likeness (QED) is 0.573. The first kappa shape index (κ1) is 21.1. The second kappa shape index (κ2) is 8.80. The van der Waals surface area contributed by atoms with Crippen LogP contribution in [0.1, 0.15) is 25.5 Å². The van der Waals surface area contributed by atoms with Crippen molar-refractivity contribution in [2.45, 2.75) is 25.9 Å². The molecule has 0 radical (unpaired) electrons. The molecule has 1 heterocycles. The third kappa shape index (κ3) is 4.06. The van der Waals surface area contributed by atoms with Crippen molar-refractivity contribution in [3.8, 4) is 5.75 Å². The summed E-state index contributed by atoms with van der Waals surface area (Å²) in [6, 6.07) is 11.5. The van der Waals surface area contributed by atoms with Crippen LogP contribution >= 0.6 is 12.2 Å². The van der Waals surface area contributed by atoms with Gasteiger partial charge in [-0.1, -0.05) is 18.2 Å². The number of benzene rings is 2. The summed E-state index contributed by atoms with van der Waals surface area (Å²) in [5, 5.41) is 5.99. The summed E-state index contributed by atoms with van der Waals surface area (Å²) in [5.41, 5.74) is 2.24. The van der Waals surface area contributed by atoms with Crippen molar-refractivity contribution in [2.75, 3.05) is 27.9 Å². The van der Waals surface area contributed by atoms with Gasteiger partial charge in [0, 0.05) is 12.8 Å². The number of allylic oxidation sites excluding steroid dienone is 1. The molecule has 0 aromatic heterocycles.